The van der Waals surface area contributed by atoms with E-state index in [0.29, 0.717) is 22.4 Å². The highest BCUT2D eigenvalue weighted by Crippen LogP contribution is 2.26. The van der Waals surface area contributed by atoms with Gasteiger partial charge < -0.3 is 4.90 Å². The number of piperidine rings is 1. The second-order valence-corrected chi connectivity index (χ2v) is 6.51. The Morgan fingerprint density at radius 2 is 2.26 bits per heavy atom. The molecule has 1 amide bonds. The van der Waals surface area contributed by atoms with Crippen LogP contribution in [0.4, 0.5) is 0 Å². The molecule has 19 heavy (non-hydrogen) atoms. The Kier molecular flexibility index (Phi) is 5.55. The Morgan fingerprint density at radius 3 is 2.95 bits per heavy atom. The summed E-state index contributed by atoms with van der Waals surface area (Å²) >= 11 is 15.2. The van der Waals surface area contributed by atoms with Crippen LogP contribution in [0.5, 0.6) is 0 Å². The molecule has 1 atom stereocenters. The number of hydrogen-bond donors (Lipinski definition) is 0. The lowest BCUT2D eigenvalue weighted by molar-refractivity contribution is 0.0671. The Bertz CT molecular complexity index is 465. The number of hydrogen-bond acceptors (Lipinski definition) is 1. The van der Waals surface area contributed by atoms with E-state index in [2.05, 4.69) is 15.9 Å². The standard InChI is InChI=1S/C14H16BrCl2NO/c15-12-4-3-11(8-13(12)17)14(19)18-7-1-2-10(9-18)5-6-16/h3-4,8,10H,1-2,5-7,9H2. The van der Waals surface area contributed by atoms with Gasteiger partial charge >= 0.3 is 0 Å². The maximum Gasteiger partial charge on any atom is 0.253 e. The van der Waals surface area contributed by atoms with Crippen molar-refractivity contribution in [2.24, 2.45) is 5.92 Å². The predicted molar refractivity (Wildman–Crippen MR) is 83.1 cm³/mol. The van der Waals surface area contributed by atoms with Gasteiger partial charge in [-0.15, -0.1) is 11.6 Å². The number of carbonyl (C=O) groups is 1. The molecule has 0 bridgehead atoms. The van der Waals surface area contributed by atoms with Gasteiger partial charge in [0.2, 0.25) is 0 Å². The average Bonchev–Trinajstić information content (AvgIpc) is 2.42. The van der Waals surface area contributed by atoms with Crippen LogP contribution >= 0.6 is 39.1 Å². The first-order valence-electron chi connectivity index (χ1n) is 6.42. The van der Waals surface area contributed by atoms with E-state index in [0.717, 1.165) is 36.8 Å². The SMILES string of the molecule is O=C(c1ccc(Br)c(Cl)c1)N1CCCC(CCCl)C1. The Balaban J connectivity index is 2.08. The molecule has 1 saturated heterocycles. The fraction of sp³-hybridized carbons (Fsp3) is 0.500. The van der Waals surface area contributed by atoms with Gasteiger partial charge in [0.1, 0.15) is 0 Å². The summed E-state index contributed by atoms with van der Waals surface area (Å²) in [6.45, 7) is 1.63. The van der Waals surface area contributed by atoms with Crippen LogP contribution in [0, 0.1) is 5.92 Å². The molecule has 0 N–H and O–H groups in total. The van der Waals surface area contributed by atoms with Gasteiger partial charge in [-0.3, -0.25) is 4.79 Å². The highest BCUT2D eigenvalue weighted by molar-refractivity contribution is 9.10. The van der Waals surface area contributed by atoms with Crippen molar-refractivity contribution in [1.82, 2.24) is 4.90 Å². The second kappa shape index (κ2) is 6.96. The number of rotatable bonds is 3. The third-order valence-corrected chi connectivity index (χ3v) is 4.94. The third kappa shape index (κ3) is 3.87. The minimum atomic E-state index is 0.0636. The molecule has 1 fully saturated rings. The summed E-state index contributed by atoms with van der Waals surface area (Å²) in [6, 6.07) is 5.35. The van der Waals surface area contributed by atoms with E-state index in [4.69, 9.17) is 23.2 Å². The summed E-state index contributed by atoms with van der Waals surface area (Å²) in [7, 11) is 0. The fourth-order valence-electron chi connectivity index (χ4n) is 2.45. The van der Waals surface area contributed by atoms with Crippen molar-refractivity contribution in [3.8, 4) is 0 Å². The predicted octanol–water partition coefficient (Wildman–Crippen LogP) is 4.58. The van der Waals surface area contributed by atoms with Gasteiger partial charge in [-0.1, -0.05) is 11.6 Å². The van der Waals surface area contributed by atoms with Gasteiger partial charge in [0.25, 0.3) is 5.91 Å². The van der Waals surface area contributed by atoms with Gasteiger partial charge in [0, 0.05) is 29.0 Å². The van der Waals surface area contributed by atoms with Crippen molar-refractivity contribution < 1.29 is 4.79 Å². The zero-order valence-corrected chi connectivity index (χ0v) is 13.6. The zero-order valence-electron chi connectivity index (χ0n) is 10.5. The van der Waals surface area contributed by atoms with E-state index >= 15 is 0 Å². The number of amides is 1. The van der Waals surface area contributed by atoms with Crippen LogP contribution in [0.3, 0.4) is 0 Å². The van der Waals surface area contributed by atoms with Crippen LogP contribution < -0.4 is 0 Å². The topological polar surface area (TPSA) is 20.3 Å². The lowest BCUT2D eigenvalue weighted by Crippen LogP contribution is -2.40. The molecule has 5 heteroatoms. The largest absolute Gasteiger partial charge is 0.338 e. The Hall–Kier alpha value is -0.250. The van der Waals surface area contributed by atoms with Gasteiger partial charge in [0.05, 0.1) is 5.02 Å². The van der Waals surface area contributed by atoms with Crippen LogP contribution in [0.2, 0.25) is 5.02 Å². The number of nitrogens with zero attached hydrogens (tertiary/aromatic N) is 1. The van der Waals surface area contributed by atoms with Crippen LogP contribution in [0.25, 0.3) is 0 Å². The van der Waals surface area contributed by atoms with Gasteiger partial charge in [-0.25, -0.2) is 0 Å². The summed E-state index contributed by atoms with van der Waals surface area (Å²) in [5.74, 6) is 1.26. The van der Waals surface area contributed by atoms with Gasteiger partial charge in [-0.2, -0.15) is 0 Å². The molecule has 1 aliphatic heterocycles. The third-order valence-electron chi connectivity index (χ3n) is 3.49. The van der Waals surface area contributed by atoms with Crippen molar-refractivity contribution in [2.45, 2.75) is 19.3 Å². The summed E-state index contributed by atoms with van der Waals surface area (Å²) < 4.78 is 0.810. The highest BCUT2D eigenvalue weighted by atomic mass is 79.9. The van der Waals surface area contributed by atoms with Gasteiger partial charge in [-0.05, 0) is 59.3 Å². The molecule has 0 aromatic heterocycles. The van der Waals surface area contributed by atoms with Crippen molar-refractivity contribution in [3.63, 3.8) is 0 Å². The first kappa shape index (κ1) is 15.1. The molecular weight excluding hydrogens is 349 g/mol. The maximum atomic E-state index is 12.4. The van der Waals surface area contributed by atoms with Crippen molar-refractivity contribution in [1.29, 1.82) is 0 Å². The molecule has 1 aromatic carbocycles. The minimum absolute atomic E-state index is 0.0636. The van der Waals surface area contributed by atoms with Crippen molar-refractivity contribution >= 4 is 45.0 Å². The number of benzene rings is 1. The maximum absolute atomic E-state index is 12.4. The fourth-order valence-corrected chi connectivity index (χ4v) is 3.19. The van der Waals surface area contributed by atoms with Crippen LogP contribution in [-0.2, 0) is 0 Å². The summed E-state index contributed by atoms with van der Waals surface area (Å²) in [6.07, 6.45) is 3.20. The summed E-state index contributed by atoms with van der Waals surface area (Å²) in [4.78, 5) is 14.3. The van der Waals surface area contributed by atoms with Crippen LogP contribution in [0.15, 0.2) is 22.7 Å². The van der Waals surface area contributed by atoms with Gasteiger partial charge in [0.15, 0.2) is 0 Å². The molecule has 0 radical (unpaired) electrons. The minimum Gasteiger partial charge on any atom is -0.338 e. The number of likely N-dealkylation sites (tertiary alicyclic amines) is 1. The van der Waals surface area contributed by atoms with Crippen LogP contribution in [-0.4, -0.2) is 29.8 Å². The molecular formula is C14H16BrCl2NO. The lowest BCUT2D eigenvalue weighted by Gasteiger charge is -2.32. The smallest absolute Gasteiger partial charge is 0.253 e. The quantitative estimate of drug-likeness (QED) is 0.718. The molecule has 0 aliphatic carbocycles. The van der Waals surface area contributed by atoms with E-state index < -0.39 is 0 Å². The zero-order chi connectivity index (χ0) is 13.8. The van der Waals surface area contributed by atoms with E-state index in [-0.39, 0.29) is 5.91 Å². The molecule has 2 nitrogen and oxygen atoms in total. The molecule has 1 aromatic rings. The van der Waals surface area contributed by atoms with Crippen LogP contribution in [0.1, 0.15) is 29.6 Å². The van der Waals surface area contributed by atoms with Crippen molar-refractivity contribution in [3.05, 3.63) is 33.3 Å². The van der Waals surface area contributed by atoms with Crippen molar-refractivity contribution in [2.75, 3.05) is 19.0 Å². The molecule has 2 rings (SSSR count). The normalized spacial score (nSPS) is 19.5. The Labute approximate surface area is 132 Å². The molecule has 1 heterocycles. The second-order valence-electron chi connectivity index (χ2n) is 4.87. The number of alkyl halides is 1. The average molecular weight is 365 g/mol. The molecule has 1 unspecified atom stereocenters. The molecule has 0 spiro atoms. The van der Waals surface area contributed by atoms with E-state index in [1.165, 1.54) is 0 Å². The molecule has 104 valence electrons. The monoisotopic (exact) mass is 363 g/mol. The number of carbonyl (C=O) groups excluding carboxylic acids is 1. The summed E-state index contributed by atoms with van der Waals surface area (Å²) in [5.41, 5.74) is 0.653. The Morgan fingerprint density at radius 1 is 1.47 bits per heavy atom. The molecule has 0 saturated carbocycles. The first-order chi connectivity index (χ1) is 9.11. The van der Waals surface area contributed by atoms with E-state index in [1.54, 1.807) is 6.07 Å². The first-order valence-corrected chi connectivity index (χ1v) is 8.12. The highest BCUT2D eigenvalue weighted by Gasteiger charge is 2.24. The van der Waals surface area contributed by atoms with E-state index in [1.807, 2.05) is 17.0 Å². The lowest BCUT2D eigenvalue weighted by atomic mass is 9.95. The molecule has 1 aliphatic rings. The number of halogens is 3. The van der Waals surface area contributed by atoms with E-state index in [9.17, 15) is 4.79 Å². The summed E-state index contributed by atoms with van der Waals surface area (Å²) in [5, 5.41) is 0.570.